The number of hydrogen-bond acceptors (Lipinski definition) is 2. The Labute approximate surface area is 142 Å². The highest BCUT2D eigenvalue weighted by Crippen LogP contribution is 2.28. The second-order valence-electron chi connectivity index (χ2n) is 5.75. The number of benzene rings is 1. The molecular weight excluding hydrogens is 326 g/mol. The molecule has 126 valence electrons. The molecule has 1 heterocycles. The third kappa shape index (κ3) is 3.36. The molecule has 2 aromatic rings. The lowest BCUT2D eigenvalue weighted by atomic mass is 10.0. The first-order chi connectivity index (χ1) is 12.0. The fourth-order valence-corrected chi connectivity index (χ4v) is 2.85. The summed E-state index contributed by atoms with van der Waals surface area (Å²) in [6.07, 6.45) is 4.08. The van der Waals surface area contributed by atoms with Gasteiger partial charge in [-0.1, -0.05) is 24.3 Å². The monoisotopic (exact) mass is 340 g/mol. The number of allylic oxidation sites excluding steroid dienone is 4. The SMILES string of the molecule is N#C/C(=C\c1cn(CC2=CC=C(F)C(F)C2)c2ccccc12)C(=O)O. The Morgan fingerprint density at radius 2 is 2.16 bits per heavy atom. The van der Waals surface area contributed by atoms with Crippen molar-refractivity contribution in [3.05, 3.63) is 65.2 Å². The van der Waals surface area contributed by atoms with E-state index in [0.29, 0.717) is 12.1 Å². The second kappa shape index (κ2) is 6.73. The molecule has 0 aliphatic heterocycles. The van der Waals surface area contributed by atoms with Gasteiger partial charge in [-0.25, -0.2) is 13.6 Å². The summed E-state index contributed by atoms with van der Waals surface area (Å²) in [4.78, 5) is 11.1. The van der Waals surface area contributed by atoms with Gasteiger partial charge in [0.05, 0.1) is 0 Å². The van der Waals surface area contributed by atoms with Gasteiger partial charge >= 0.3 is 5.97 Å². The number of para-hydroxylation sites is 1. The number of carbonyl (C=O) groups is 1. The van der Waals surface area contributed by atoms with Gasteiger partial charge in [-0.3, -0.25) is 0 Å². The first kappa shape index (κ1) is 16.7. The highest BCUT2D eigenvalue weighted by molar-refractivity contribution is 6.00. The van der Waals surface area contributed by atoms with Gasteiger partial charge in [0.25, 0.3) is 0 Å². The number of carboxylic acid groups (broad SMARTS) is 1. The topological polar surface area (TPSA) is 66.0 Å². The zero-order valence-corrected chi connectivity index (χ0v) is 13.1. The minimum absolute atomic E-state index is 0.0153. The van der Waals surface area contributed by atoms with Crippen molar-refractivity contribution in [2.75, 3.05) is 0 Å². The molecule has 1 N–H and O–H groups in total. The number of hydrogen-bond donors (Lipinski definition) is 1. The van der Waals surface area contributed by atoms with Crippen molar-refractivity contribution in [1.29, 1.82) is 5.26 Å². The fourth-order valence-electron chi connectivity index (χ4n) is 2.85. The van der Waals surface area contributed by atoms with Gasteiger partial charge in [0.2, 0.25) is 0 Å². The number of rotatable bonds is 4. The van der Waals surface area contributed by atoms with Crippen molar-refractivity contribution in [2.24, 2.45) is 0 Å². The smallest absolute Gasteiger partial charge is 0.346 e. The van der Waals surface area contributed by atoms with Crippen LogP contribution in [0.5, 0.6) is 0 Å². The van der Waals surface area contributed by atoms with Gasteiger partial charge < -0.3 is 9.67 Å². The molecule has 0 bridgehead atoms. The number of alkyl halides is 1. The molecule has 0 fully saturated rings. The van der Waals surface area contributed by atoms with Gasteiger partial charge in [0.1, 0.15) is 17.5 Å². The van der Waals surface area contributed by atoms with E-state index in [1.807, 2.05) is 28.8 Å². The van der Waals surface area contributed by atoms with E-state index in [4.69, 9.17) is 10.4 Å². The Kier molecular flexibility index (Phi) is 4.48. The number of halogens is 2. The highest BCUT2D eigenvalue weighted by atomic mass is 19.2. The van der Waals surface area contributed by atoms with Crippen LogP contribution in [0.15, 0.2) is 59.6 Å². The maximum atomic E-state index is 13.6. The summed E-state index contributed by atoms with van der Waals surface area (Å²) in [5.41, 5.74) is 1.77. The lowest BCUT2D eigenvalue weighted by Gasteiger charge is -2.15. The minimum atomic E-state index is -1.63. The van der Waals surface area contributed by atoms with E-state index in [9.17, 15) is 13.6 Å². The maximum absolute atomic E-state index is 13.6. The summed E-state index contributed by atoms with van der Waals surface area (Å²) in [5.74, 6) is -2.07. The standard InChI is InChI=1S/C19H14F2N2O2/c20-16-6-5-12(7-17(16)21)10-23-11-14(8-13(9-22)19(24)25)15-3-1-2-4-18(15)23/h1-6,8,11,17H,7,10H2,(H,24,25)/b13-8+. The molecular formula is C19H14F2N2O2. The molecule has 3 rings (SSSR count). The van der Waals surface area contributed by atoms with Gasteiger partial charge in [0.15, 0.2) is 6.17 Å². The Balaban J connectivity index is 2.03. The van der Waals surface area contributed by atoms with Crippen LogP contribution in [0.3, 0.4) is 0 Å². The summed E-state index contributed by atoms with van der Waals surface area (Å²) in [6, 6.07) is 8.98. The average Bonchev–Trinajstić information content (AvgIpc) is 2.93. The lowest BCUT2D eigenvalue weighted by molar-refractivity contribution is -0.132. The van der Waals surface area contributed by atoms with Crippen LogP contribution in [0, 0.1) is 11.3 Å². The van der Waals surface area contributed by atoms with Crippen LogP contribution in [0.25, 0.3) is 17.0 Å². The van der Waals surface area contributed by atoms with Gasteiger partial charge in [0, 0.05) is 35.6 Å². The number of fused-ring (bicyclic) bond motifs is 1. The Bertz CT molecular complexity index is 977. The van der Waals surface area contributed by atoms with E-state index in [1.165, 1.54) is 6.08 Å². The summed E-state index contributed by atoms with van der Waals surface area (Å²) >= 11 is 0. The van der Waals surface area contributed by atoms with Crippen molar-refractivity contribution in [3.63, 3.8) is 0 Å². The van der Waals surface area contributed by atoms with E-state index < -0.39 is 18.0 Å². The van der Waals surface area contributed by atoms with Gasteiger partial charge in [-0.15, -0.1) is 0 Å². The summed E-state index contributed by atoms with van der Waals surface area (Å²) < 4.78 is 28.5. The van der Waals surface area contributed by atoms with Crippen molar-refractivity contribution in [2.45, 2.75) is 19.1 Å². The third-order valence-electron chi connectivity index (χ3n) is 4.06. The molecule has 0 saturated carbocycles. The molecule has 1 aromatic heterocycles. The first-order valence-corrected chi connectivity index (χ1v) is 7.61. The largest absolute Gasteiger partial charge is 0.477 e. The fraction of sp³-hybridized carbons (Fsp3) is 0.158. The number of nitrogens with zero attached hydrogens (tertiary/aromatic N) is 2. The molecule has 6 heteroatoms. The summed E-state index contributed by atoms with van der Waals surface area (Å²) in [5, 5.41) is 18.8. The number of nitriles is 1. The summed E-state index contributed by atoms with van der Waals surface area (Å²) in [6.45, 7) is 0.355. The average molecular weight is 340 g/mol. The van der Waals surface area contributed by atoms with Gasteiger partial charge in [-0.05, 0) is 23.8 Å². The van der Waals surface area contributed by atoms with Crippen molar-refractivity contribution in [3.8, 4) is 6.07 Å². The molecule has 4 nitrogen and oxygen atoms in total. The second-order valence-corrected chi connectivity index (χ2v) is 5.75. The molecule has 0 radical (unpaired) electrons. The Morgan fingerprint density at radius 1 is 1.40 bits per heavy atom. The van der Waals surface area contributed by atoms with Crippen molar-refractivity contribution in [1.82, 2.24) is 4.57 Å². The molecule has 0 amide bonds. The van der Waals surface area contributed by atoms with E-state index in [1.54, 1.807) is 18.3 Å². The first-order valence-electron chi connectivity index (χ1n) is 7.61. The van der Waals surface area contributed by atoms with Crippen LogP contribution in [0.4, 0.5) is 8.78 Å². The van der Waals surface area contributed by atoms with Crippen LogP contribution in [-0.4, -0.2) is 21.8 Å². The normalized spacial score (nSPS) is 17.8. The lowest BCUT2D eigenvalue weighted by Crippen LogP contribution is -2.10. The number of carboxylic acids is 1. The molecule has 1 aromatic carbocycles. The van der Waals surface area contributed by atoms with Crippen molar-refractivity contribution < 1.29 is 18.7 Å². The third-order valence-corrected chi connectivity index (χ3v) is 4.06. The predicted octanol–water partition coefficient (Wildman–Crippen LogP) is 4.15. The molecule has 1 unspecified atom stereocenters. The summed E-state index contributed by atoms with van der Waals surface area (Å²) in [7, 11) is 0. The molecule has 1 atom stereocenters. The van der Waals surface area contributed by atoms with E-state index in [2.05, 4.69) is 0 Å². The minimum Gasteiger partial charge on any atom is -0.477 e. The molecule has 0 saturated heterocycles. The van der Waals surface area contributed by atoms with E-state index >= 15 is 0 Å². The zero-order valence-electron chi connectivity index (χ0n) is 13.1. The molecule has 0 spiro atoms. The molecule has 1 aliphatic carbocycles. The van der Waals surface area contributed by atoms with Crippen LogP contribution >= 0.6 is 0 Å². The maximum Gasteiger partial charge on any atom is 0.346 e. The molecule has 25 heavy (non-hydrogen) atoms. The van der Waals surface area contributed by atoms with Crippen LogP contribution in [-0.2, 0) is 11.3 Å². The highest BCUT2D eigenvalue weighted by Gasteiger charge is 2.19. The Morgan fingerprint density at radius 3 is 2.84 bits per heavy atom. The van der Waals surface area contributed by atoms with E-state index in [0.717, 1.165) is 22.6 Å². The van der Waals surface area contributed by atoms with Crippen molar-refractivity contribution >= 4 is 22.9 Å². The Hall–Kier alpha value is -3.20. The van der Waals surface area contributed by atoms with Gasteiger partial charge in [-0.2, -0.15) is 5.26 Å². The van der Waals surface area contributed by atoms with Crippen LogP contribution in [0.2, 0.25) is 0 Å². The number of aliphatic carboxylic acids is 1. The predicted molar refractivity (Wildman–Crippen MR) is 90.0 cm³/mol. The number of aromatic nitrogens is 1. The van der Waals surface area contributed by atoms with Crippen LogP contribution < -0.4 is 0 Å². The molecule has 1 aliphatic rings. The quantitative estimate of drug-likeness (QED) is 0.671. The van der Waals surface area contributed by atoms with E-state index in [-0.39, 0.29) is 12.0 Å². The van der Waals surface area contributed by atoms with Crippen LogP contribution in [0.1, 0.15) is 12.0 Å². The zero-order chi connectivity index (χ0) is 18.0.